The molecule has 2 N–H and O–H groups in total. The molecule has 1 atom stereocenters. The first-order chi connectivity index (χ1) is 11.9. The van der Waals surface area contributed by atoms with Gasteiger partial charge < -0.3 is 10.2 Å². The summed E-state index contributed by atoms with van der Waals surface area (Å²) in [5.74, 6) is -5.79. The van der Waals surface area contributed by atoms with Gasteiger partial charge in [-0.25, -0.2) is 0 Å². The minimum Gasteiger partial charge on any atom is -0.481 e. The average molecular weight is 340 g/mol. The molecular formula is C20H20O5. The van der Waals surface area contributed by atoms with Crippen LogP contribution in [0.5, 0.6) is 0 Å². The Morgan fingerprint density at radius 2 is 1.44 bits per heavy atom. The number of hydrogen-bond donors (Lipinski definition) is 2. The van der Waals surface area contributed by atoms with E-state index in [1.54, 1.807) is 42.5 Å². The lowest BCUT2D eigenvalue weighted by Gasteiger charge is -2.21. The maximum Gasteiger partial charge on any atom is 0.318 e. The molecule has 130 valence electrons. The van der Waals surface area contributed by atoms with E-state index in [1.807, 2.05) is 19.1 Å². The topological polar surface area (TPSA) is 91.7 Å². The number of rotatable bonds is 8. The molecule has 0 aliphatic rings. The van der Waals surface area contributed by atoms with Crippen molar-refractivity contribution in [2.75, 3.05) is 0 Å². The van der Waals surface area contributed by atoms with Gasteiger partial charge in [0.2, 0.25) is 0 Å². The molecule has 0 spiro atoms. The van der Waals surface area contributed by atoms with Crippen molar-refractivity contribution < 1.29 is 24.6 Å². The third-order valence-electron chi connectivity index (χ3n) is 4.25. The quantitative estimate of drug-likeness (QED) is 0.568. The highest BCUT2D eigenvalue weighted by Crippen LogP contribution is 2.30. The van der Waals surface area contributed by atoms with Crippen molar-refractivity contribution in [1.29, 1.82) is 0 Å². The standard InChI is InChI=1S/C20H20O5/c1-2-13-8-10-15(11-9-13)17(21)12-16(14-6-4-3-5-7-14)18(19(22)23)20(24)25/h3-11,16,18H,2,12H2,1H3,(H,22,23)(H,24,25). The second kappa shape index (κ2) is 8.24. The van der Waals surface area contributed by atoms with Crippen LogP contribution < -0.4 is 0 Å². The smallest absolute Gasteiger partial charge is 0.318 e. The Morgan fingerprint density at radius 1 is 0.880 bits per heavy atom. The highest BCUT2D eigenvalue weighted by Gasteiger charge is 2.37. The van der Waals surface area contributed by atoms with E-state index in [2.05, 4.69) is 0 Å². The van der Waals surface area contributed by atoms with Gasteiger partial charge in [0, 0.05) is 17.9 Å². The van der Waals surface area contributed by atoms with Crippen molar-refractivity contribution in [2.24, 2.45) is 5.92 Å². The molecule has 0 saturated heterocycles. The molecule has 0 radical (unpaired) electrons. The molecule has 2 rings (SSSR count). The molecule has 2 aromatic rings. The van der Waals surface area contributed by atoms with Gasteiger partial charge in [-0.15, -0.1) is 0 Å². The van der Waals surface area contributed by atoms with E-state index in [1.165, 1.54) is 0 Å². The molecule has 25 heavy (non-hydrogen) atoms. The Labute approximate surface area is 145 Å². The van der Waals surface area contributed by atoms with E-state index < -0.39 is 23.8 Å². The van der Waals surface area contributed by atoms with E-state index in [-0.39, 0.29) is 12.2 Å². The number of Topliss-reactive ketones (excluding diaryl/α,β-unsaturated/α-hetero) is 1. The number of ketones is 1. The van der Waals surface area contributed by atoms with Crippen LogP contribution in [0.2, 0.25) is 0 Å². The second-order valence-electron chi connectivity index (χ2n) is 5.85. The molecule has 0 fully saturated rings. The second-order valence-corrected chi connectivity index (χ2v) is 5.85. The molecule has 0 bridgehead atoms. The Bertz CT molecular complexity index is 735. The SMILES string of the molecule is CCc1ccc(C(=O)CC(c2ccccc2)C(C(=O)O)C(=O)O)cc1. The van der Waals surface area contributed by atoms with Crippen LogP contribution in [0.1, 0.15) is 40.7 Å². The molecule has 0 aliphatic heterocycles. The lowest BCUT2D eigenvalue weighted by atomic mass is 9.81. The minimum absolute atomic E-state index is 0.182. The van der Waals surface area contributed by atoms with Crippen molar-refractivity contribution >= 4 is 17.7 Å². The summed E-state index contributed by atoms with van der Waals surface area (Å²) in [6.45, 7) is 2.01. The normalized spacial score (nSPS) is 11.9. The predicted octanol–water partition coefficient (Wildman–Crippen LogP) is 3.39. The van der Waals surface area contributed by atoms with Crippen molar-refractivity contribution in [2.45, 2.75) is 25.7 Å². The van der Waals surface area contributed by atoms with Gasteiger partial charge in [-0.2, -0.15) is 0 Å². The van der Waals surface area contributed by atoms with Gasteiger partial charge >= 0.3 is 11.9 Å². The van der Waals surface area contributed by atoms with E-state index in [4.69, 9.17) is 0 Å². The summed E-state index contributed by atoms with van der Waals surface area (Å²) in [4.78, 5) is 35.5. The first-order valence-electron chi connectivity index (χ1n) is 8.06. The largest absolute Gasteiger partial charge is 0.481 e. The number of aliphatic carboxylic acids is 2. The lowest BCUT2D eigenvalue weighted by Crippen LogP contribution is -2.31. The fourth-order valence-electron chi connectivity index (χ4n) is 2.82. The van der Waals surface area contributed by atoms with Gasteiger partial charge in [0.05, 0.1) is 0 Å². The minimum atomic E-state index is -1.68. The van der Waals surface area contributed by atoms with Gasteiger partial charge in [0.25, 0.3) is 0 Å². The van der Waals surface area contributed by atoms with Gasteiger partial charge in [-0.1, -0.05) is 61.5 Å². The lowest BCUT2D eigenvalue weighted by molar-refractivity contribution is -0.155. The van der Waals surface area contributed by atoms with Crippen LogP contribution in [-0.4, -0.2) is 27.9 Å². The van der Waals surface area contributed by atoms with Crippen LogP contribution in [0, 0.1) is 5.92 Å². The van der Waals surface area contributed by atoms with Gasteiger partial charge in [0.1, 0.15) is 0 Å². The first-order valence-corrected chi connectivity index (χ1v) is 8.06. The molecule has 0 saturated carbocycles. The molecule has 5 nitrogen and oxygen atoms in total. The van der Waals surface area contributed by atoms with Crippen molar-refractivity contribution in [3.8, 4) is 0 Å². The fraction of sp³-hybridized carbons (Fsp3) is 0.250. The number of aryl methyl sites for hydroxylation is 1. The van der Waals surface area contributed by atoms with Gasteiger partial charge in [0.15, 0.2) is 11.7 Å². The van der Waals surface area contributed by atoms with Crippen LogP contribution >= 0.6 is 0 Å². The molecule has 0 heterocycles. The van der Waals surface area contributed by atoms with E-state index >= 15 is 0 Å². The zero-order valence-electron chi connectivity index (χ0n) is 13.9. The number of carboxylic acid groups (broad SMARTS) is 2. The summed E-state index contributed by atoms with van der Waals surface area (Å²) < 4.78 is 0. The zero-order chi connectivity index (χ0) is 18.4. The van der Waals surface area contributed by atoms with Crippen LogP contribution in [0.15, 0.2) is 54.6 Å². The third kappa shape index (κ3) is 4.53. The van der Waals surface area contributed by atoms with Crippen molar-refractivity contribution in [3.05, 3.63) is 71.3 Å². The summed E-state index contributed by atoms with van der Waals surface area (Å²) in [5.41, 5.74) is 2.06. The Morgan fingerprint density at radius 3 is 1.92 bits per heavy atom. The Balaban J connectivity index is 2.33. The van der Waals surface area contributed by atoms with Crippen molar-refractivity contribution in [3.63, 3.8) is 0 Å². The maximum atomic E-state index is 12.6. The Kier molecular flexibility index (Phi) is 6.06. The van der Waals surface area contributed by atoms with Crippen LogP contribution in [-0.2, 0) is 16.0 Å². The molecule has 0 aliphatic carbocycles. The number of carbonyl (C=O) groups is 3. The summed E-state index contributed by atoms with van der Waals surface area (Å²) in [5, 5.41) is 18.7. The zero-order valence-corrected chi connectivity index (χ0v) is 13.9. The van der Waals surface area contributed by atoms with E-state index in [0.717, 1.165) is 12.0 Å². The summed E-state index contributed by atoms with van der Waals surface area (Å²) in [7, 11) is 0. The maximum absolute atomic E-state index is 12.6. The van der Waals surface area contributed by atoms with Crippen LogP contribution in [0.3, 0.4) is 0 Å². The fourth-order valence-corrected chi connectivity index (χ4v) is 2.82. The molecule has 0 amide bonds. The number of benzene rings is 2. The summed E-state index contributed by atoms with van der Waals surface area (Å²) in [6, 6.07) is 15.5. The van der Waals surface area contributed by atoms with Crippen LogP contribution in [0.25, 0.3) is 0 Å². The average Bonchev–Trinajstić information content (AvgIpc) is 2.61. The number of hydrogen-bond acceptors (Lipinski definition) is 3. The third-order valence-corrected chi connectivity index (χ3v) is 4.25. The molecule has 1 unspecified atom stereocenters. The highest BCUT2D eigenvalue weighted by molar-refractivity contribution is 5.99. The predicted molar refractivity (Wildman–Crippen MR) is 92.7 cm³/mol. The Hall–Kier alpha value is -2.95. The van der Waals surface area contributed by atoms with Crippen LogP contribution in [0.4, 0.5) is 0 Å². The number of carboxylic acids is 2. The van der Waals surface area contributed by atoms with Gasteiger partial charge in [-0.3, -0.25) is 14.4 Å². The van der Waals surface area contributed by atoms with E-state index in [9.17, 15) is 24.6 Å². The summed E-state index contributed by atoms with van der Waals surface area (Å²) in [6.07, 6.45) is 0.667. The van der Waals surface area contributed by atoms with Gasteiger partial charge in [-0.05, 0) is 17.5 Å². The van der Waals surface area contributed by atoms with Crippen molar-refractivity contribution in [1.82, 2.24) is 0 Å². The summed E-state index contributed by atoms with van der Waals surface area (Å²) >= 11 is 0. The molecule has 0 aromatic heterocycles. The first kappa shape index (κ1) is 18.4. The molecular weight excluding hydrogens is 320 g/mol. The molecule has 5 heteroatoms. The molecule has 2 aromatic carbocycles. The monoisotopic (exact) mass is 340 g/mol. The highest BCUT2D eigenvalue weighted by atomic mass is 16.4. The number of carbonyl (C=O) groups excluding carboxylic acids is 1. The van der Waals surface area contributed by atoms with E-state index in [0.29, 0.717) is 11.1 Å².